The summed E-state index contributed by atoms with van der Waals surface area (Å²) < 4.78 is 0. The second-order valence-corrected chi connectivity index (χ2v) is 8.24. The quantitative estimate of drug-likeness (QED) is 0.519. The van der Waals surface area contributed by atoms with Gasteiger partial charge in [0.15, 0.2) is 0 Å². The normalized spacial score (nSPS) is 25.9. The van der Waals surface area contributed by atoms with Crippen molar-refractivity contribution in [3.8, 4) is 0 Å². The zero-order valence-electron chi connectivity index (χ0n) is 14.8. The van der Waals surface area contributed by atoms with Gasteiger partial charge in [-0.15, -0.1) is 0 Å². The van der Waals surface area contributed by atoms with Gasteiger partial charge in [0.05, 0.1) is 0 Å². The fourth-order valence-corrected chi connectivity index (χ4v) is 3.97. The Bertz CT molecular complexity index is 495. The van der Waals surface area contributed by atoms with Gasteiger partial charge in [0.25, 0.3) is 0 Å². The molecule has 3 atom stereocenters. The van der Waals surface area contributed by atoms with E-state index < -0.39 is 0 Å². The van der Waals surface area contributed by atoms with E-state index in [1.54, 1.807) is 5.57 Å². The smallest absolute Gasteiger partial charge is 0.0406 e. The van der Waals surface area contributed by atoms with Gasteiger partial charge < -0.3 is 0 Å². The molecule has 0 heterocycles. The Morgan fingerprint density at radius 3 is 2.23 bits per heavy atom. The van der Waals surface area contributed by atoms with Crippen molar-refractivity contribution < 1.29 is 0 Å². The molecule has 0 saturated heterocycles. The van der Waals surface area contributed by atoms with E-state index in [0.717, 1.165) is 22.8 Å². The molecule has 0 unspecified atom stereocenters. The van der Waals surface area contributed by atoms with Crippen LogP contribution in [-0.4, -0.2) is 0 Å². The Kier molecular flexibility index (Phi) is 6.15. The van der Waals surface area contributed by atoms with Gasteiger partial charge in [-0.05, 0) is 60.6 Å². The van der Waals surface area contributed by atoms with Crippen LogP contribution in [0.2, 0.25) is 5.02 Å². The van der Waals surface area contributed by atoms with Gasteiger partial charge in [0, 0.05) is 10.9 Å². The Morgan fingerprint density at radius 2 is 1.68 bits per heavy atom. The molecule has 1 fully saturated rings. The third kappa shape index (κ3) is 4.38. The van der Waals surface area contributed by atoms with E-state index >= 15 is 0 Å². The van der Waals surface area contributed by atoms with Gasteiger partial charge in [-0.3, -0.25) is 0 Å². The van der Waals surface area contributed by atoms with E-state index in [9.17, 15) is 0 Å². The lowest BCUT2D eigenvalue weighted by Gasteiger charge is -2.34. The predicted octanol–water partition coefficient (Wildman–Crippen LogP) is 7.10. The van der Waals surface area contributed by atoms with Crippen molar-refractivity contribution in [2.24, 2.45) is 23.7 Å². The Hall–Kier alpha value is -0.750. The van der Waals surface area contributed by atoms with Crippen LogP contribution in [0.15, 0.2) is 35.9 Å². The highest BCUT2D eigenvalue weighted by molar-refractivity contribution is 6.30. The van der Waals surface area contributed by atoms with E-state index in [1.165, 1.54) is 24.8 Å². The van der Waals surface area contributed by atoms with Crippen molar-refractivity contribution in [1.29, 1.82) is 0 Å². The first-order valence-corrected chi connectivity index (χ1v) is 9.22. The summed E-state index contributed by atoms with van der Waals surface area (Å²) in [5.41, 5.74) is 3.09. The molecule has 0 aromatic heterocycles. The first-order valence-electron chi connectivity index (χ1n) is 8.84. The predicted molar refractivity (Wildman–Crippen MR) is 98.5 cm³/mol. The summed E-state index contributed by atoms with van der Waals surface area (Å²) in [6.45, 7) is 11.8. The van der Waals surface area contributed by atoms with Crippen LogP contribution >= 0.6 is 11.6 Å². The van der Waals surface area contributed by atoms with Crippen molar-refractivity contribution in [3.63, 3.8) is 0 Å². The summed E-state index contributed by atoms with van der Waals surface area (Å²) in [7, 11) is 0. The van der Waals surface area contributed by atoms with E-state index in [0.29, 0.717) is 11.8 Å². The minimum atomic E-state index is 0.499. The highest BCUT2D eigenvalue weighted by Gasteiger charge is 2.27. The molecule has 0 aliphatic heterocycles. The van der Waals surface area contributed by atoms with Crippen LogP contribution in [0.5, 0.6) is 0 Å². The number of hydrogen-bond acceptors (Lipinski definition) is 0. The van der Waals surface area contributed by atoms with Gasteiger partial charge >= 0.3 is 0 Å². The molecule has 2 rings (SSSR count). The minimum Gasteiger partial charge on any atom is -0.0843 e. The average Bonchev–Trinajstić information content (AvgIpc) is 2.45. The first kappa shape index (κ1) is 17.6. The van der Waals surface area contributed by atoms with Gasteiger partial charge in [0.1, 0.15) is 0 Å². The lowest BCUT2D eigenvalue weighted by molar-refractivity contribution is 0.305. The van der Waals surface area contributed by atoms with E-state index in [4.69, 9.17) is 11.6 Å². The zero-order valence-corrected chi connectivity index (χ0v) is 15.5. The summed E-state index contributed by atoms with van der Waals surface area (Å²) in [6, 6.07) is 8.43. The summed E-state index contributed by atoms with van der Waals surface area (Å²) >= 11 is 6.06. The minimum absolute atomic E-state index is 0.499. The van der Waals surface area contributed by atoms with Crippen molar-refractivity contribution >= 4 is 11.6 Å². The van der Waals surface area contributed by atoms with Crippen molar-refractivity contribution in [1.82, 2.24) is 0 Å². The number of halogens is 1. The lowest BCUT2D eigenvalue weighted by atomic mass is 9.72. The number of hydrogen-bond donors (Lipinski definition) is 0. The molecule has 1 aliphatic carbocycles. The Morgan fingerprint density at radius 1 is 1.05 bits per heavy atom. The molecule has 22 heavy (non-hydrogen) atoms. The molecular weight excluding hydrogens is 288 g/mol. The zero-order chi connectivity index (χ0) is 16.3. The maximum absolute atomic E-state index is 6.06. The van der Waals surface area contributed by atoms with Crippen LogP contribution in [-0.2, 0) is 0 Å². The van der Waals surface area contributed by atoms with Crippen LogP contribution in [0.25, 0.3) is 0 Å². The monoisotopic (exact) mass is 318 g/mol. The molecule has 122 valence electrons. The van der Waals surface area contributed by atoms with Crippen molar-refractivity contribution in [2.75, 3.05) is 0 Å². The maximum Gasteiger partial charge on any atom is 0.0406 e. The van der Waals surface area contributed by atoms with Crippen LogP contribution in [0.4, 0.5) is 0 Å². The van der Waals surface area contributed by atoms with E-state index in [2.05, 4.69) is 52.8 Å². The number of benzene rings is 1. The third-order valence-corrected chi connectivity index (χ3v) is 5.45. The fourth-order valence-electron chi connectivity index (χ4n) is 3.85. The Balaban J connectivity index is 2.32. The first-order chi connectivity index (χ1) is 10.4. The highest BCUT2D eigenvalue weighted by atomic mass is 35.5. The van der Waals surface area contributed by atoms with Crippen molar-refractivity contribution in [3.05, 3.63) is 46.5 Å². The van der Waals surface area contributed by atoms with E-state index in [-0.39, 0.29) is 0 Å². The molecule has 0 nitrogen and oxygen atoms in total. The number of allylic oxidation sites excluding steroid dienone is 2. The second-order valence-electron chi connectivity index (χ2n) is 7.80. The van der Waals surface area contributed by atoms with Gasteiger partial charge in [-0.25, -0.2) is 0 Å². The van der Waals surface area contributed by atoms with Crippen LogP contribution in [0.3, 0.4) is 0 Å². The molecule has 1 heteroatoms. The molecule has 0 amide bonds. The van der Waals surface area contributed by atoms with Gasteiger partial charge in [-0.2, -0.15) is 0 Å². The maximum atomic E-state index is 6.06. The van der Waals surface area contributed by atoms with E-state index in [1.807, 2.05) is 12.1 Å². The lowest BCUT2D eigenvalue weighted by Crippen LogP contribution is -2.21. The molecule has 0 spiro atoms. The summed E-state index contributed by atoms with van der Waals surface area (Å²) in [4.78, 5) is 0. The van der Waals surface area contributed by atoms with Gasteiger partial charge in [-0.1, -0.05) is 70.0 Å². The number of rotatable bonds is 4. The van der Waals surface area contributed by atoms with Crippen LogP contribution in [0.1, 0.15) is 65.4 Å². The fraction of sp³-hybridized carbons (Fsp3) is 0.619. The van der Waals surface area contributed by atoms with Crippen LogP contribution < -0.4 is 0 Å². The molecule has 1 aromatic carbocycles. The summed E-state index contributed by atoms with van der Waals surface area (Å²) in [5.74, 6) is 3.46. The standard InChI is InChI=1S/C21H31Cl/c1-14(2)20-11-6-16(5)12-18(20)13-21(15(3)4)17-7-9-19(22)10-8-17/h7-10,13-16,20-21H,6,11-12H2,1-5H3/b18-13+/t16-,20+,21-/m1/s1. The summed E-state index contributed by atoms with van der Waals surface area (Å²) in [5, 5.41) is 0.824. The highest BCUT2D eigenvalue weighted by Crippen LogP contribution is 2.40. The third-order valence-electron chi connectivity index (χ3n) is 5.20. The molecule has 1 aromatic rings. The topological polar surface area (TPSA) is 0 Å². The summed E-state index contributed by atoms with van der Waals surface area (Å²) in [6.07, 6.45) is 6.61. The molecule has 0 bridgehead atoms. The molecular formula is C21H31Cl. The largest absolute Gasteiger partial charge is 0.0843 e. The average molecular weight is 319 g/mol. The SMILES string of the molecule is CC(C)[C@@H]1CC[C@@H](C)C/C1=C\[C@@H](c1ccc(Cl)cc1)C(C)C. The van der Waals surface area contributed by atoms with Gasteiger partial charge in [0.2, 0.25) is 0 Å². The van der Waals surface area contributed by atoms with Crippen molar-refractivity contribution in [2.45, 2.75) is 59.8 Å². The molecule has 0 radical (unpaired) electrons. The molecule has 1 aliphatic rings. The Labute approximate surface area is 142 Å². The molecule has 1 saturated carbocycles. The second kappa shape index (κ2) is 7.68. The molecule has 0 N–H and O–H groups in total. The van der Waals surface area contributed by atoms with Crippen LogP contribution in [0, 0.1) is 23.7 Å².